The lowest BCUT2D eigenvalue weighted by Gasteiger charge is -2.48. The zero-order valence-electron chi connectivity index (χ0n) is 36.1. The van der Waals surface area contributed by atoms with E-state index in [-0.39, 0.29) is 0 Å². The molecular formula is C40H64O18. The quantitative estimate of drug-likeness (QED) is 0.154. The Morgan fingerprint density at radius 3 is 1.05 bits per heavy atom. The number of esters is 7. The summed E-state index contributed by atoms with van der Waals surface area (Å²) in [6.07, 6.45) is -16.8. The molecule has 2 heterocycles. The van der Waals surface area contributed by atoms with Crippen LogP contribution in [0.1, 0.15) is 96.9 Å². The van der Waals surface area contributed by atoms with Crippen LogP contribution in [0.25, 0.3) is 0 Å². The van der Waals surface area contributed by atoms with Crippen molar-refractivity contribution in [2.24, 2.45) is 41.4 Å². The van der Waals surface area contributed by atoms with Crippen LogP contribution in [0.15, 0.2) is 0 Å². The van der Waals surface area contributed by atoms with Gasteiger partial charge in [-0.3, -0.25) is 33.6 Å². The Morgan fingerprint density at radius 1 is 0.397 bits per heavy atom. The molecule has 0 spiro atoms. The van der Waals surface area contributed by atoms with Gasteiger partial charge >= 0.3 is 41.8 Å². The fourth-order valence-electron chi connectivity index (χ4n) is 5.14. The molecule has 2 rings (SSSR count). The van der Waals surface area contributed by atoms with E-state index in [4.69, 9.17) is 47.4 Å². The monoisotopic (exact) mass is 832 g/mol. The highest BCUT2D eigenvalue weighted by molar-refractivity contribution is 5.75. The van der Waals surface area contributed by atoms with Crippen molar-refractivity contribution in [2.75, 3.05) is 13.2 Å². The summed E-state index contributed by atoms with van der Waals surface area (Å²) in [5.41, 5.74) is 0. The highest BCUT2D eigenvalue weighted by atomic mass is 16.8. The minimum absolute atomic E-state index is 0.580. The number of carbonyl (C=O) groups excluding carboxylic acids is 7. The average Bonchev–Trinajstić information content (AvgIpc) is 3.13. The molecule has 0 aromatic heterocycles. The van der Waals surface area contributed by atoms with Crippen molar-refractivity contribution in [3.05, 3.63) is 0 Å². The van der Waals surface area contributed by atoms with Crippen molar-refractivity contribution in [2.45, 2.75) is 158 Å². The van der Waals surface area contributed by atoms with Crippen LogP contribution in [-0.4, -0.2) is 122 Å². The molecule has 0 radical (unpaired) electrons. The molecular weight excluding hydrogens is 768 g/mol. The maximum Gasteiger partial charge on any atom is 0.308 e. The van der Waals surface area contributed by atoms with Crippen molar-refractivity contribution < 1.29 is 86.0 Å². The van der Waals surface area contributed by atoms with E-state index in [1.54, 1.807) is 55.4 Å². The summed E-state index contributed by atoms with van der Waals surface area (Å²) in [7, 11) is 0. The minimum atomic E-state index is -1.94. The molecule has 2 saturated heterocycles. The third kappa shape index (κ3) is 14.2. The van der Waals surface area contributed by atoms with Crippen LogP contribution in [0.2, 0.25) is 0 Å². The second kappa shape index (κ2) is 22.5. The van der Waals surface area contributed by atoms with Gasteiger partial charge in [-0.15, -0.1) is 0 Å². The molecule has 10 atom stereocenters. The molecule has 2 aliphatic rings. The van der Waals surface area contributed by atoms with Crippen LogP contribution in [0.4, 0.5) is 0 Å². The molecule has 18 nitrogen and oxygen atoms in total. The summed E-state index contributed by atoms with van der Waals surface area (Å²) in [5.74, 6) is -10.2. The number of hydrogen-bond acceptors (Lipinski definition) is 18. The van der Waals surface area contributed by atoms with Gasteiger partial charge in [-0.2, -0.15) is 0 Å². The maximum atomic E-state index is 13.4. The predicted molar refractivity (Wildman–Crippen MR) is 200 cm³/mol. The van der Waals surface area contributed by atoms with Crippen LogP contribution in [0, 0.1) is 41.4 Å². The second-order valence-electron chi connectivity index (χ2n) is 16.6. The lowest BCUT2D eigenvalue weighted by molar-refractivity contribution is -0.358. The van der Waals surface area contributed by atoms with Gasteiger partial charge in [-0.25, -0.2) is 0 Å². The summed E-state index contributed by atoms with van der Waals surface area (Å²) < 4.78 is 58.9. The summed E-state index contributed by atoms with van der Waals surface area (Å²) in [4.78, 5) is 91.6. The lowest BCUT2D eigenvalue weighted by Crippen LogP contribution is -2.67. The first-order valence-electron chi connectivity index (χ1n) is 19.9. The molecule has 0 aromatic carbocycles. The molecule has 0 unspecified atom stereocenters. The molecule has 0 bridgehead atoms. The van der Waals surface area contributed by atoms with Gasteiger partial charge < -0.3 is 52.5 Å². The Kier molecular flexibility index (Phi) is 19.5. The number of aliphatic hydroxyl groups is 1. The van der Waals surface area contributed by atoms with E-state index < -0.39 is 158 Å². The van der Waals surface area contributed by atoms with E-state index in [0.29, 0.717) is 0 Å². The van der Waals surface area contributed by atoms with E-state index in [1.165, 1.54) is 41.5 Å². The van der Waals surface area contributed by atoms with Gasteiger partial charge in [-0.05, 0) is 0 Å². The normalized spacial score (nSPS) is 27.5. The summed E-state index contributed by atoms with van der Waals surface area (Å²) in [6.45, 7) is 20.6. The molecule has 0 amide bonds. The molecule has 2 aliphatic heterocycles. The van der Waals surface area contributed by atoms with Crippen molar-refractivity contribution >= 4 is 41.8 Å². The fraction of sp³-hybridized carbons (Fsp3) is 0.825. The van der Waals surface area contributed by atoms with Gasteiger partial charge in [0.25, 0.3) is 0 Å². The van der Waals surface area contributed by atoms with Gasteiger partial charge in [0.2, 0.25) is 0 Å². The van der Waals surface area contributed by atoms with Crippen molar-refractivity contribution in [3.8, 4) is 0 Å². The number of hydrogen-bond donors (Lipinski definition) is 1. The van der Waals surface area contributed by atoms with Crippen LogP contribution >= 0.6 is 0 Å². The summed E-state index contributed by atoms with van der Waals surface area (Å²) in [5, 5.41) is 11.2. The zero-order valence-corrected chi connectivity index (χ0v) is 36.1. The molecule has 0 aliphatic carbocycles. The standard InChI is InChI=1S/C40H64O18/c1-17(2)32(41)49-15-24-27(28(54-35(44)20(7)8)30(39(48)51-24)56-37(46)22(11)12)58-40-31(57-38(47)23(13)14)29(55-36(45)21(9)10)26(53-34(43)19(5)6)25(52-40)16-50-33(42)18(3)4/h17-31,39-40,48H,15-16H2,1-14H3/t24-,25-,26-,27-,28+,29+,30-,31-,39-,40+/m1/s1. The highest BCUT2D eigenvalue weighted by Crippen LogP contribution is 2.36. The summed E-state index contributed by atoms with van der Waals surface area (Å²) in [6, 6.07) is 0. The fourth-order valence-corrected chi connectivity index (χ4v) is 5.14. The maximum absolute atomic E-state index is 13.4. The second-order valence-corrected chi connectivity index (χ2v) is 16.6. The zero-order chi connectivity index (χ0) is 44.3. The number of aliphatic hydroxyl groups excluding tert-OH is 1. The van der Waals surface area contributed by atoms with E-state index in [1.807, 2.05) is 0 Å². The first kappa shape index (κ1) is 50.3. The van der Waals surface area contributed by atoms with Crippen molar-refractivity contribution in [1.29, 1.82) is 0 Å². The highest BCUT2D eigenvalue weighted by Gasteiger charge is 2.58. The molecule has 1 N–H and O–H groups in total. The van der Waals surface area contributed by atoms with Gasteiger partial charge in [0.15, 0.2) is 43.1 Å². The van der Waals surface area contributed by atoms with E-state index in [0.717, 1.165) is 0 Å². The molecule has 332 valence electrons. The predicted octanol–water partition coefficient (Wildman–Crippen LogP) is 3.05. The molecule has 0 aromatic rings. The van der Waals surface area contributed by atoms with E-state index in [2.05, 4.69) is 0 Å². The first-order valence-corrected chi connectivity index (χ1v) is 19.9. The first-order chi connectivity index (χ1) is 26.9. The SMILES string of the molecule is CC(C)C(=O)OC[C@H]1O[C@@H](O)[C@H](OC(=O)C(C)C)[C@@H](OC(=O)C(C)C)[C@@H]1O[C@@H]1O[C@H](COC(=O)C(C)C)[C@@H](OC(=O)C(C)C)[C@H](OC(=O)C(C)C)[C@H]1OC(=O)C(C)C. The Bertz CT molecular complexity index is 1420. The number of rotatable bonds is 18. The van der Waals surface area contributed by atoms with Crippen LogP contribution in [-0.2, 0) is 80.9 Å². The van der Waals surface area contributed by atoms with Crippen LogP contribution in [0.5, 0.6) is 0 Å². The molecule has 2 fully saturated rings. The Morgan fingerprint density at radius 2 is 0.690 bits per heavy atom. The van der Waals surface area contributed by atoms with Crippen LogP contribution < -0.4 is 0 Å². The van der Waals surface area contributed by atoms with Crippen molar-refractivity contribution in [3.63, 3.8) is 0 Å². The Labute approximate surface area is 340 Å². The van der Waals surface area contributed by atoms with Crippen LogP contribution in [0.3, 0.4) is 0 Å². The van der Waals surface area contributed by atoms with E-state index in [9.17, 15) is 38.7 Å². The third-order valence-electron chi connectivity index (χ3n) is 8.83. The average molecular weight is 833 g/mol. The topological polar surface area (TPSA) is 232 Å². The lowest BCUT2D eigenvalue weighted by atomic mass is 9.95. The van der Waals surface area contributed by atoms with Gasteiger partial charge in [-0.1, -0.05) is 96.9 Å². The summed E-state index contributed by atoms with van der Waals surface area (Å²) >= 11 is 0. The number of carbonyl (C=O) groups is 7. The molecule has 18 heteroatoms. The smallest absolute Gasteiger partial charge is 0.308 e. The Hall–Kier alpha value is -3.87. The third-order valence-corrected chi connectivity index (χ3v) is 8.83. The van der Waals surface area contributed by atoms with E-state index >= 15 is 0 Å². The Balaban J connectivity index is 2.93. The minimum Gasteiger partial charge on any atom is -0.463 e. The van der Waals surface area contributed by atoms with Gasteiger partial charge in [0.05, 0.1) is 41.4 Å². The largest absolute Gasteiger partial charge is 0.463 e. The number of ether oxygens (including phenoxy) is 10. The molecule has 58 heavy (non-hydrogen) atoms. The van der Waals surface area contributed by atoms with Crippen molar-refractivity contribution in [1.82, 2.24) is 0 Å². The van der Waals surface area contributed by atoms with Gasteiger partial charge in [0, 0.05) is 0 Å². The molecule has 0 saturated carbocycles. The van der Waals surface area contributed by atoms with Gasteiger partial charge in [0.1, 0.15) is 31.5 Å².